The molecule has 0 saturated carbocycles. The molecule has 2 nitrogen and oxygen atoms in total. The second kappa shape index (κ2) is 4.29. The Morgan fingerprint density at radius 3 is 2.75 bits per heavy atom. The fourth-order valence-corrected chi connectivity index (χ4v) is 1.35. The number of carbonyl (C=O) groups is 1. The molecule has 0 spiro atoms. The van der Waals surface area contributed by atoms with Crippen LogP contribution in [0, 0.1) is 0 Å². The Balaban J connectivity index is 2.24. The molecule has 12 heavy (non-hydrogen) atoms. The molecule has 1 rings (SSSR count). The Morgan fingerprint density at radius 1 is 1.50 bits per heavy atom. The summed E-state index contributed by atoms with van der Waals surface area (Å²) < 4.78 is 5.09. The summed E-state index contributed by atoms with van der Waals surface area (Å²) in [6.07, 6.45) is 6.56. The highest BCUT2D eigenvalue weighted by Crippen LogP contribution is 2.17. The molecule has 0 aliphatic carbocycles. The predicted octanol–water partition coefficient (Wildman–Crippen LogP) is 2.44. The Morgan fingerprint density at radius 2 is 2.25 bits per heavy atom. The van der Waals surface area contributed by atoms with Crippen LogP contribution in [0.5, 0.6) is 0 Å². The average Bonchev–Trinajstić information content (AvgIpc) is 2.32. The zero-order valence-corrected chi connectivity index (χ0v) is 7.80. The zero-order chi connectivity index (χ0) is 8.97. The lowest BCUT2D eigenvalue weighted by molar-refractivity contribution is -0.139. The highest BCUT2D eigenvalue weighted by Gasteiger charge is 2.20. The van der Waals surface area contributed by atoms with Gasteiger partial charge in [0.15, 0.2) is 0 Å². The summed E-state index contributed by atoms with van der Waals surface area (Å²) in [6, 6.07) is 0. The molecule has 0 amide bonds. The average molecular weight is 168 g/mol. The highest BCUT2D eigenvalue weighted by atomic mass is 16.5. The van der Waals surface area contributed by atoms with Crippen LogP contribution in [0.1, 0.15) is 39.5 Å². The number of esters is 1. The fourth-order valence-electron chi connectivity index (χ4n) is 1.35. The van der Waals surface area contributed by atoms with E-state index in [9.17, 15) is 4.79 Å². The summed E-state index contributed by atoms with van der Waals surface area (Å²) >= 11 is 0. The molecule has 0 N–H and O–H groups in total. The molecule has 1 unspecified atom stereocenters. The molecule has 0 bridgehead atoms. The van der Waals surface area contributed by atoms with Gasteiger partial charge in [-0.15, -0.1) is 0 Å². The minimum absolute atomic E-state index is 0.0593. The number of cyclic esters (lactones) is 1. The Hall–Kier alpha value is -0.790. The fraction of sp³-hybridized carbons (Fsp3) is 0.700. The van der Waals surface area contributed by atoms with E-state index in [2.05, 4.69) is 6.92 Å². The lowest BCUT2D eigenvalue weighted by Crippen LogP contribution is -2.07. The van der Waals surface area contributed by atoms with Crippen molar-refractivity contribution in [3.8, 4) is 0 Å². The third-order valence-electron chi connectivity index (χ3n) is 2.11. The third kappa shape index (κ3) is 2.36. The quantitative estimate of drug-likeness (QED) is 0.476. The summed E-state index contributed by atoms with van der Waals surface area (Å²) in [5.41, 5.74) is 0.761. The predicted molar refractivity (Wildman–Crippen MR) is 47.8 cm³/mol. The van der Waals surface area contributed by atoms with Crippen molar-refractivity contribution in [2.45, 2.75) is 45.6 Å². The van der Waals surface area contributed by atoms with Gasteiger partial charge >= 0.3 is 5.97 Å². The van der Waals surface area contributed by atoms with E-state index in [1.54, 1.807) is 0 Å². The van der Waals surface area contributed by atoms with Crippen molar-refractivity contribution in [1.82, 2.24) is 0 Å². The first kappa shape index (κ1) is 9.30. The van der Waals surface area contributed by atoms with Gasteiger partial charge in [0.2, 0.25) is 0 Å². The molecule has 0 aromatic carbocycles. The van der Waals surface area contributed by atoms with Crippen LogP contribution in [0.15, 0.2) is 11.6 Å². The van der Waals surface area contributed by atoms with Gasteiger partial charge in [-0.25, -0.2) is 4.79 Å². The molecule has 68 valence electrons. The van der Waals surface area contributed by atoms with E-state index in [1.165, 1.54) is 12.8 Å². The maximum Gasteiger partial charge on any atom is 0.334 e. The van der Waals surface area contributed by atoms with E-state index in [0.29, 0.717) is 0 Å². The molecular formula is C10H16O2. The third-order valence-corrected chi connectivity index (χ3v) is 2.11. The smallest absolute Gasteiger partial charge is 0.334 e. The lowest BCUT2D eigenvalue weighted by Gasteiger charge is -2.06. The number of hydrogen-bond donors (Lipinski definition) is 0. The van der Waals surface area contributed by atoms with Gasteiger partial charge in [0, 0.05) is 5.57 Å². The summed E-state index contributed by atoms with van der Waals surface area (Å²) in [7, 11) is 0. The molecule has 0 radical (unpaired) electrons. The normalized spacial score (nSPS) is 22.3. The Labute approximate surface area is 73.6 Å². The monoisotopic (exact) mass is 168 g/mol. The van der Waals surface area contributed by atoms with Crippen LogP contribution in [-0.2, 0) is 9.53 Å². The van der Waals surface area contributed by atoms with E-state index in [-0.39, 0.29) is 12.1 Å². The minimum atomic E-state index is -0.142. The molecular weight excluding hydrogens is 152 g/mol. The first-order valence-electron chi connectivity index (χ1n) is 4.63. The highest BCUT2D eigenvalue weighted by molar-refractivity contribution is 5.90. The molecule has 0 fully saturated rings. The molecule has 0 aromatic heterocycles. The Kier molecular flexibility index (Phi) is 3.32. The van der Waals surface area contributed by atoms with Gasteiger partial charge in [-0.2, -0.15) is 0 Å². The topological polar surface area (TPSA) is 26.3 Å². The van der Waals surface area contributed by atoms with Crippen molar-refractivity contribution in [1.29, 1.82) is 0 Å². The van der Waals surface area contributed by atoms with Crippen molar-refractivity contribution in [2.75, 3.05) is 0 Å². The first-order chi connectivity index (χ1) is 5.74. The van der Waals surface area contributed by atoms with E-state index < -0.39 is 0 Å². The van der Waals surface area contributed by atoms with Crippen molar-refractivity contribution in [3.05, 3.63) is 11.6 Å². The number of carbonyl (C=O) groups excluding carboxylic acids is 1. The summed E-state index contributed by atoms with van der Waals surface area (Å²) in [5, 5.41) is 0. The van der Waals surface area contributed by atoms with Gasteiger partial charge in [0.05, 0.1) is 0 Å². The van der Waals surface area contributed by atoms with Crippen LogP contribution in [0.25, 0.3) is 0 Å². The van der Waals surface area contributed by atoms with E-state index in [4.69, 9.17) is 4.74 Å². The largest absolute Gasteiger partial charge is 0.455 e. The number of unbranched alkanes of at least 4 members (excludes halogenated alkanes) is 2. The van der Waals surface area contributed by atoms with Gasteiger partial charge in [0.25, 0.3) is 0 Å². The first-order valence-corrected chi connectivity index (χ1v) is 4.63. The van der Waals surface area contributed by atoms with Crippen molar-refractivity contribution >= 4 is 5.97 Å². The van der Waals surface area contributed by atoms with Crippen LogP contribution in [0.2, 0.25) is 0 Å². The van der Waals surface area contributed by atoms with Crippen LogP contribution in [0.4, 0.5) is 0 Å². The van der Waals surface area contributed by atoms with E-state index in [1.807, 2.05) is 13.0 Å². The Bertz CT molecular complexity index is 194. The van der Waals surface area contributed by atoms with Crippen molar-refractivity contribution in [3.63, 3.8) is 0 Å². The zero-order valence-electron chi connectivity index (χ0n) is 7.80. The van der Waals surface area contributed by atoms with Crippen LogP contribution in [-0.4, -0.2) is 12.1 Å². The van der Waals surface area contributed by atoms with Crippen LogP contribution < -0.4 is 0 Å². The molecule has 1 atom stereocenters. The molecule has 1 heterocycles. The van der Waals surface area contributed by atoms with Crippen molar-refractivity contribution < 1.29 is 9.53 Å². The molecule has 0 aromatic rings. The second-order valence-corrected chi connectivity index (χ2v) is 3.29. The maximum absolute atomic E-state index is 10.9. The van der Waals surface area contributed by atoms with Gasteiger partial charge in [-0.3, -0.25) is 0 Å². The summed E-state index contributed by atoms with van der Waals surface area (Å²) in [4.78, 5) is 10.9. The maximum atomic E-state index is 10.9. The molecule has 1 aliphatic rings. The SMILES string of the molecule is CCCCCC1C=C(C)C(=O)O1. The van der Waals surface area contributed by atoms with Crippen LogP contribution in [0.3, 0.4) is 0 Å². The van der Waals surface area contributed by atoms with Crippen molar-refractivity contribution in [2.24, 2.45) is 0 Å². The number of hydrogen-bond acceptors (Lipinski definition) is 2. The van der Waals surface area contributed by atoms with Gasteiger partial charge in [0.1, 0.15) is 6.10 Å². The number of ether oxygens (including phenoxy) is 1. The van der Waals surface area contributed by atoms with E-state index in [0.717, 1.165) is 18.4 Å². The number of rotatable bonds is 4. The van der Waals surface area contributed by atoms with Gasteiger partial charge in [-0.1, -0.05) is 19.8 Å². The minimum Gasteiger partial charge on any atom is -0.455 e. The van der Waals surface area contributed by atoms with Crippen LogP contribution >= 0.6 is 0 Å². The standard InChI is InChI=1S/C10H16O2/c1-3-4-5-6-9-7-8(2)10(11)12-9/h7,9H,3-6H2,1-2H3. The van der Waals surface area contributed by atoms with E-state index >= 15 is 0 Å². The second-order valence-electron chi connectivity index (χ2n) is 3.29. The summed E-state index contributed by atoms with van der Waals surface area (Å²) in [5.74, 6) is -0.142. The van der Waals surface area contributed by atoms with Gasteiger partial charge < -0.3 is 4.74 Å². The van der Waals surface area contributed by atoms with Gasteiger partial charge in [-0.05, 0) is 25.8 Å². The lowest BCUT2D eigenvalue weighted by atomic mass is 10.1. The molecule has 0 saturated heterocycles. The molecule has 2 heteroatoms. The molecule has 1 aliphatic heterocycles. The summed E-state index contributed by atoms with van der Waals surface area (Å²) in [6.45, 7) is 3.98.